The van der Waals surface area contributed by atoms with Gasteiger partial charge in [0.05, 0.1) is 18.1 Å². The normalized spacial score (nSPS) is 13.1. The van der Waals surface area contributed by atoms with E-state index >= 15 is 0 Å². The summed E-state index contributed by atoms with van der Waals surface area (Å²) in [4.78, 5) is 7.14. The summed E-state index contributed by atoms with van der Waals surface area (Å²) in [6.07, 6.45) is 3.07. The van der Waals surface area contributed by atoms with Crippen LogP contribution in [0.1, 0.15) is 11.8 Å². The fourth-order valence-electron chi connectivity index (χ4n) is 0.976. The number of aliphatic hydroxyl groups is 1. The van der Waals surface area contributed by atoms with E-state index in [4.69, 9.17) is 9.84 Å². The smallest absolute Gasteiger partial charge is 0.233 e. The van der Waals surface area contributed by atoms with Crippen LogP contribution in [0, 0.1) is 0 Å². The van der Waals surface area contributed by atoms with E-state index < -0.39 is 6.10 Å². The topological polar surface area (TPSA) is 45.6 Å². The molecule has 1 unspecified atom stereocenters. The minimum atomic E-state index is -0.459. The van der Waals surface area contributed by atoms with Gasteiger partial charge in [0.15, 0.2) is 5.13 Å². The summed E-state index contributed by atoms with van der Waals surface area (Å²) in [6.45, 7) is 1.71. The van der Waals surface area contributed by atoms with Crippen LogP contribution in [0.4, 0.5) is 5.13 Å². The Morgan fingerprint density at radius 2 is 2.20 bits per heavy atom. The van der Waals surface area contributed by atoms with Crippen molar-refractivity contribution in [2.75, 3.05) is 26.1 Å². The molecule has 5 heteroatoms. The number of aromatic nitrogens is 1. The number of rotatable bonds is 4. The number of anilines is 1. The second-order valence-corrected chi connectivity index (χ2v) is 4.37. The quantitative estimate of drug-likeness (QED) is 0.850. The molecule has 0 spiro atoms. The molecular weight excluding hydrogens is 212 g/mol. The highest BCUT2D eigenvalue weighted by Gasteiger charge is 2.10. The molecule has 0 amide bonds. The Hall–Kier alpha value is -1.07. The fourth-order valence-corrected chi connectivity index (χ4v) is 1.85. The van der Waals surface area contributed by atoms with Crippen molar-refractivity contribution < 1.29 is 9.84 Å². The van der Waals surface area contributed by atoms with E-state index in [1.54, 1.807) is 20.1 Å². The molecule has 0 aliphatic rings. The first kappa shape index (κ1) is 12.0. The van der Waals surface area contributed by atoms with Crippen molar-refractivity contribution in [3.8, 4) is 5.88 Å². The van der Waals surface area contributed by atoms with Gasteiger partial charge in [0.1, 0.15) is 0 Å². The van der Waals surface area contributed by atoms with Gasteiger partial charge in [0.2, 0.25) is 5.88 Å². The maximum atomic E-state index is 9.14. The third kappa shape index (κ3) is 3.21. The van der Waals surface area contributed by atoms with E-state index in [0.29, 0.717) is 5.88 Å². The zero-order valence-electron chi connectivity index (χ0n) is 9.39. The zero-order chi connectivity index (χ0) is 11.4. The number of thiazole rings is 1. The van der Waals surface area contributed by atoms with E-state index in [1.807, 2.05) is 25.1 Å². The molecule has 1 N–H and O–H groups in total. The SMILES string of the molecule is COc1nc(N(C)C)sc1/C=C/C(C)O. The molecule has 1 rings (SSSR count). The maximum Gasteiger partial charge on any atom is 0.233 e. The summed E-state index contributed by atoms with van der Waals surface area (Å²) in [5.74, 6) is 0.598. The molecule has 4 nitrogen and oxygen atoms in total. The molecule has 0 bridgehead atoms. The number of aliphatic hydroxyl groups excluding tert-OH is 1. The first-order valence-corrected chi connectivity index (χ1v) is 5.44. The van der Waals surface area contributed by atoms with E-state index in [0.717, 1.165) is 10.0 Å². The van der Waals surface area contributed by atoms with Gasteiger partial charge in [-0.25, -0.2) is 0 Å². The van der Waals surface area contributed by atoms with Crippen molar-refractivity contribution >= 4 is 22.5 Å². The molecule has 0 radical (unpaired) electrons. The first-order valence-electron chi connectivity index (χ1n) is 4.63. The predicted octanol–water partition coefficient (Wildman–Crippen LogP) is 1.61. The summed E-state index contributed by atoms with van der Waals surface area (Å²) in [5, 5.41) is 10.0. The summed E-state index contributed by atoms with van der Waals surface area (Å²) in [5.41, 5.74) is 0. The van der Waals surface area contributed by atoms with Crippen molar-refractivity contribution in [2.45, 2.75) is 13.0 Å². The van der Waals surface area contributed by atoms with Crippen molar-refractivity contribution in [1.82, 2.24) is 4.98 Å². The van der Waals surface area contributed by atoms with Gasteiger partial charge < -0.3 is 14.7 Å². The molecule has 84 valence electrons. The van der Waals surface area contributed by atoms with Crippen molar-refractivity contribution in [3.63, 3.8) is 0 Å². The average molecular weight is 228 g/mol. The Labute approximate surface area is 93.8 Å². The highest BCUT2D eigenvalue weighted by Crippen LogP contribution is 2.31. The van der Waals surface area contributed by atoms with Gasteiger partial charge in [0, 0.05) is 14.1 Å². The van der Waals surface area contributed by atoms with Crippen molar-refractivity contribution in [1.29, 1.82) is 0 Å². The van der Waals surface area contributed by atoms with Crippen LogP contribution in [-0.4, -0.2) is 37.4 Å². The number of ether oxygens (including phenoxy) is 1. The third-order valence-corrected chi connectivity index (χ3v) is 2.88. The molecule has 0 aliphatic carbocycles. The molecule has 0 saturated heterocycles. The van der Waals surface area contributed by atoms with Gasteiger partial charge in [-0.05, 0) is 13.0 Å². The standard InChI is InChI=1S/C10H16N2O2S/c1-7(13)5-6-8-9(14-4)11-10(15-8)12(2)3/h5-7,13H,1-4H3/b6-5+. The highest BCUT2D eigenvalue weighted by molar-refractivity contribution is 7.16. The largest absolute Gasteiger partial charge is 0.480 e. The van der Waals surface area contributed by atoms with Gasteiger partial charge in [-0.15, -0.1) is 0 Å². The summed E-state index contributed by atoms with van der Waals surface area (Å²) in [6, 6.07) is 0. The number of methoxy groups -OCH3 is 1. The summed E-state index contributed by atoms with van der Waals surface area (Å²) >= 11 is 1.53. The van der Waals surface area contributed by atoms with Crippen LogP contribution in [-0.2, 0) is 0 Å². The van der Waals surface area contributed by atoms with E-state index in [1.165, 1.54) is 11.3 Å². The highest BCUT2D eigenvalue weighted by atomic mass is 32.1. The lowest BCUT2D eigenvalue weighted by Crippen LogP contribution is -2.07. The molecule has 1 aromatic heterocycles. The summed E-state index contributed by atoms with van der Waals surface area (Å²) in [7, 11) is 5.45. The van der Waals surface area contributed by atoms with Crippen molar-refractivity contribution in [2.24, 2.45) is 0 Å². The Kier molecular flexibility index (Phi) is 4.11. The lowest BCUT2D eigenvalue weighted by Gasteiger charge is -2.04. The minimum absolute atomic E-state index is 0.459. The average Bonchev–Trinajstić information content (AvgIpc) is 2.57. The predicted molar refractivity (Wildman–Crippen MR) is 63.7 cm³/mol. The van der Waals surface area contributed by atoms with Gasteiger partial charge in [-0.2, -0.15) is 4.98 Å². The molecule has 0 fully saturated rings. The van der Waals surface area contributed by atoms with Crippen LogP contribution in [0.5, 0.6) is 5.88 Å². The number of hydrogen-bond acceptors (Lipinski definition) is 5. The zero-order valence-corrected chi connectivity index (χ0v) is 10.2. The second-order valence-electron chi connectivity index (χ2n) is 3.36. The lowest BCUT2D eigenvalue weighted by molar-refractivity contribution is 0.245. The van der Waals surface area contributed by atoms with Gasteiger partial charge >= 0.3 is 0 Å². The van der Waals surface area contributed by atoms with Crippen LogP contribution < -0.4 is 9.64 Å². The fraction of sp³-hybridized carbons (Fsp3) is 0.500. The van der Waals surface area contributed by atoms with Gasteiger partial charge in [-0.1, -0.05) is 17.4 Å². The Morgan fingerprint density at radius 3 is 2.67 bits per heavy atom. The molecule has 0 aliphatic heterocycles. The van der Waals surface area contributed by atoms with E-state index in [9.17, 15) is 0 Å². The van der Waals surface area contributed by atoms with E-state index in [2.05, 4.69) is 4.98 Å². The molecule has 0 aromatic carbocycles. The maximum absolute atomic E-state index is 9.14. The van der Waals surface area contributed by atoms with Crippen LogP contribution in [0.25, 0.3) is 6.08 Å². The van der Waals surface area contributed by atoms with Crippen LogP contribution in [0.15, 0.2) is 6.08 Å². The third-order valence-electron chi connectivity index (χ3n) is 1.71. The molecule has 1 heterocycles. The monoisotopic (exact) mass is 228 g/mol. The number of nitrogens with zero attached hydrogens (tertiary/aromatic N) is 2. The second kappa shape index (κ2) is 5.14. The molecule has 1 aromatic rings. The first-order chi connectivity index (χ1) is 7.04. The Morgan fingerprint density at radius 1 is 1.53 bits per heavy atom. The minimum Gasteiger partial charge on any atom is -0.480 e. The van der Waals surface area contributed by atoms with Gasteiger partial charge in [0.25, 0.3) is 0 Å². The van der Waals surface area contributed by atoms with E-state index in [-0.39, 0.29) is 0 Å². The lowest BCUT2D eigenvalue weighted by atomic mass is 10.3. The Bertz CT molecular complexity index is 345. The summed E-state index contributed by atoms with van der Waals surface area (Å²) < 4.78 is 5.15. The Balaban J connectivity index is 2.95. The van der Waals surface area contributed by atoms with Gasteiger partial charge in [-0.3, -0.25) is 0 Å². The molecule has 1 atom stereocenters. The van der Waals surface area contributed by atoms with Crippen LogP contribution in [0.3, 0.4) is 0 Å². The van der Waals surface area contributed by atoms with Crippen LogP contribution >= 0.6 is 11.3 Å². The molecule has 0 saturated carbocycles. The molecule has 15 heavy (non-hydrogen) atoms. The van der Waals surface area contributed by atoms with Crippen LogP contribution in [0.2, 0.25) is 0 Å². The number of hydrogen-bond donors (Lipinski definition) is 1. The van der Waals surface area contributed by atoms with Crippen molar-refractivity contribution in [3.05, 3.63) is 11.0 Å². The molecular formula is C10H16N2O2S.